The fraction of sp³-hybridized carbons (Fsp3) is 0.593. The van der Waals surface area contributed by atoms with Gasteiger partial charge in [-0.1, -0.05) is 119 Å². The van der Waals surface area contributed by atoms with Crippen molar-refractivity contribution in [1.29, 1.82) is 0 Å². The molecule has 7 aliphatic heterocycles. The number of piperazine rings is 1. The Bertz CT molecular complexity index is 3720. The number of fused-ring (bicyclic) bond motifs is 3. The van der Waals surface area contributed by atoms with Crippen molar-refractivity contribution in [3.63, 3.8) is 0 Å². The second-order valence-corrected chi connectivity index (χ2v) is 31.2. The molecule has 7 fully saturated rings. The molecule has 3 saturated carbocycles. The summed E-state index contributed by atoms with van der Waals surface area (Å²) in [7, 11) is 1.69. The Morgan fingerprint density at radius 2 is 0.990 bits per heavy atom. The van der Waals surface area contributed by atoms with E-state index in [9.17, 15) is 29.1 Å². The number of carbonyl (C=O) groups is 5. The van der Waals surface area contributed by atoms with Gasteiger partial charge in [0.05, 0.1) is 35.9 Å². The minimum atomic E-state index is -0.550. The van der Waals surface area contributed by atoms with Crippen LogP contribution in [0.5, 0.6) is 5.75 Å². The number of aryl methyl sites for hydroxylation is 6. The summed E-state index contributed by atoms with van der Waals surface area (Å²) in [5.74, 6) is 3.35. The zero-order valence-electron chi connectivity index (χ0n) is 60.6. The summed E-state index contributed by atoms with van der Waals surface area (Å²) >= 11 is 0. The van der Waals surface area contributed by atoms with E-state index in [0.717, 1.165) is 115 Å². The van der Waals surface area contributed by atoms with E-state index in [0.29, 0.717) is 37.8 Å². The van der Waals surface area contributed by atoms with Crippen LogP contribution in [0.15, 0.2) is 91.1 Å². The average molecular weight is 1350 g/mol. The third-order valence-electron chi connectivity index (χ3n) is 24.4. The number of amides is 5. The van der Waals surface area contributed by atoms with Gasteiger partial charge in [0.15, 0.2) is 0 Å². The molecule has 99 heavy (non-hydrogen) atoms. The highest BCUT2D eigenvalue weighted by molar-refractivity contribution is 5.88. The lowest BCUT2D eigenvalue weighted by Gasteiger charge is -2.41. The maximum Gasteiger partial charge on any atom is 0.373 e. The van der Waals surface area contributed by atoms with Crippen LogP contribution in [-0.4, -0.2) is 138 Å². The highest BCUT2D eigenvalue weighted by Crippen LogP contribution is 2.64. The molecule has 3 N–H and O–H groups in total. The molecular formula is C81H107N7O11. The highest BCUT2D eigenvalue weighted by atomic mass is 16.5. The number of hydrogen-bond acceptors (Lipinski definition) is 13. The largest absolute Gasteiger partial charge is 0.497 e. The Hall–Kier alpha value is -7.91. The van der Waals surface area contributed by atoms with Crippen LogP contribution in [0.4, 0.5) is 5.69 Å². The van der Waals surface area contributed by atoms with E-state index in [1.54, 1.807) is 14.0 Å². The second kappa shape index (κ2) is 30.5. The van der Waals surface area contributed by atoms with Crippen molar-refractivity contribution in [3.05, 3.63) is 141 Å². The van der Waals surface area contributed by atoms with Gasteiger partial charge in [0.1, 0.15) is 5.75 Å². The van der Waals surface area contributed by atoms with E-state index < -0.39 is 6.10 Å². The number of ether oxygens (including phenoxy) is 1. The number of nitrogens with one attached hydrogen (secondary N) is 2. The molecule has 4 aromatic carbocycles. The molecule has 0 bridgehead atoms. The molecule has 532 valence electrons. The van der Waals surface area contributed by atoms with Gasteiger partial charge in [-0.3, -0.25) is 24.0 Å². The molecule has 3 spiro atoms. The van der Waals surface area contributed by atoms with Gasteiger partial charge in [-0.25, -0.2) is 0 Å². The number of rotatable bonds is 10. The zero-order valence-corrected chi connectivity index (χ0v) is 60.6. The first-order chi connectivity index (χ1) is 47.2. The summed E-state index contributed by atoms with van der Waals surface area (Å²) in [5.41, 5.74) is 13.7. The smallest absolute Gasteiger partial charge is 0.373 e. The van der Waals surface area contributed by atoms with Gasteiger partial charge in [0.25, 0.3) is 0 Å². The maximum atomic E-state index is 14.1. The Labute approximate surface area is 586 Å². The predicted molar refractivity (Wildman–Crippen MR) is 377 cm³/mol. The number of nitrogens with zero attached hydrogens (tertiary/aromatic N) is 5. The van der Waals surface area contributed by atoms with Gasteiger partial charge in [-0.2, -0.15) is 19.2 Å². The van der Waals surface area contributed by atoms with Crippen LogP contribution in [-0.2, 0) is 79.0 Å². The van der Waals surface area contributed by atoms with Crippen LogP contribution >= 0.6 is 0 Å². The lowest BCUT2D eigenvalue weighted by molar-refractivity contribution is -0.193. The van der Waals surface area contributed by atoms with E-state index >= 15 is 0 Å². The Balaban J connectivity index is 0.000000156. The van der Waals surface area contributed by atoms with Gasteiger partial charge in [0.2, 0.25) is 29.5 Å². The van der Waals surface area contributed by atoms with Crippen molar-refractivity contribution in [2.24, 2.45) is 59.2 Å². The quantitative estimate of drug-likeness (QED) is 0.135. The first kappa shape index (κ1) is 73.8. The number of hydrogen-bond donors (Lipinski definition) is 3. The van der Waals surface area contributed by atoms with Crippen LogP contribution in [0, 0.1) is 80.0 Å². The third-order valence-corrected chi connectivity index (χ3v) is 24.4. The fourth-order valence-electron chi connectivity index (χ4n) is 20.7. The van der Waals surface area contributed by atoms with Gasteiger partial charge in [-0.05, 0) is 181 Å². The first-order valence-corrected chi connectivity index (χ1v) is 36.6. The van der Waals surface area contributed by atoms with Crippen LogP contribution in [0.2, 0.25) is 0 Å². The van der Waals surface area contributed by atoms with E-state index in [2.05, 4.69) is 171 Å². The first-order valence-electron chi connectivity index (χ1n) is 36.6. The number of aliphatic hydroxyl groups is 1. The number of methoxy groups -OCH3 is 1. The highest BCUT2D eigenvalue weighted by Gasteiger charge is 2.67. The maximum absolute atomic E-state index is 14.1. The summed E-state index contributed by atoms with van der Waals surface area (Å²) in [6, 6.07) is 28.5. The second-order valence-electron chi connectivity index (χ2n) is 31.2. The summed E-state index contributed by atoms with van der Waals surface area (Å²) in [6.45, 7) is 33.3. The SMILES string of the molecule is C=C1C[C@H]2[C@H](C(=O)N[C@H](C)[C@@H](C)O)[C@@H](C)CC23c2ccc(C)cc2CCCN13.COc1cccc(N2CCN(C(=O)[C@@H]3[C@@H](C)CC45c6ccc(C)cc6CCCN4C(=O)C[C@@H]35)CC2)c1.Cc1ccc2c(c1)CCCN1C(=O)C[C@H]3[C@H](C(=O)N[C@H](C)CC(C)C)[C@@H](C)CC231.O=C=O.O=C=O. The van der Waals surface area contributed by atoms with Crippen molar-refractivity contribution in [3.8, 4) is 5.75 Å². The molecule has 10 aliphatic rings. The molecule has 18 heteroatoms. The number of allylic oxidation sites excluding steroid dienone is 1. The van der Waals surface area contributed by atoms with Gasteiger partial charge in [-0.15, -0.1) is 0 Å². The van der Waals surface area contributed by atoms with E-state index in [1.165, 1.54) is 55.8 Å². The molecule has 0 radical (unpaired) electrons. The Morgan fingerprint density at radius 3 is 1.43 bits per heavy atom. The van der Waals surface area contributed by atoms with Crippen LogP contribution in [0.3, 0.4) is 0 Å². The summed E-state index contributed by atoms with van der Waals surface area (Å²) in [5, 5.41) is 16.2. The van der Waals surface area contributed by atoms with Crippen LogP contribution < -0.4 is 20.3 Å². The molecule has 3 unspecified atom stereocenters. The molecule has 5 amide bonds. The lowest BCUT2D eigenvalue weighted by Crippen LogP contribution is -2.52. The summed E-state index contributed by atoms with van der Waals surface area (Å²) < 4.78 is 5.39. The van der Waals surface area contributed by atoms with E-state index in [4.69, 9.17) is 23.9 Å². The van der Waals surface area contributed by atoms with Crippen molar-refractivity contribution < 1.29 is 53.0 Å². The third kappa shape index (κ3) is 13.9. The molecule has 15 atom stereocenters. The minimum Gasteiger partial charge on any atom is -0.497 e. The molecule has 18 nitrogen and oxygen atoms in total. The predicted octanol–water partition coefficient (Wildman–Crippen LogP) is 10.5. The molecule has 4 saturated heterocycles. The number of benzene rings is 4. The molecule has 3 aliphatic carbocycles. The van der Waals surface area contributed by atoms with Gasteiger partial charge < -0.3 is 45.0 Å². The van der Waals surface area contributed by atoms with Gasteiger partial charge in [0, 0.05) is 118 Å². The topological polar surface area (TPSA) is 223 Å². The van der Waals surface area contributed by atoms with Gasteiger partial charge >= 0.3 is 12.3 Å². The van der Waals surface area contributed by atoms with Crippen LogP contribution in [0.1, 0.15) is 170 Å². The van der Waals surface area contributed by atoms with Crippen molar-refractivity contribution in [1.82, 2.24) is 30.2 Å². The molecule has 4 aromatic rings. The number of anilines is 1. The number of aliphatic hydroxyl groups excluding tert-OH is 1. The molecular weight excluding hydrogens is 1250 g/mol. The standard InChI is InChI=1S/C30H37N3O3.C25H36N2O2.C24H34N2O2.2CO2/c1-20-9-10-25-22(16-20)6-5-11-33-27(34)18-26-28(21(2)19-30(25,26)33)29(35)32-14-12-31(13-15-32)23-7-4-8-24(17-23)36-3;1-15(2)11-18(5)26-24(29)23-17(4)14-25-20-9-8-16(3)12-19(20)7-6-10-27(25)22(28)13-21(23)25;1-14-8-9-20-19(11-14)7-6-10-26-16(3)12-21-22(15(2)13-24(20,21)26)23(28)25-17(4)18(5)27;2*2-1-3/h4,7-10,16-17,21,26,28H,5-6,11-15,18-19H2,1-3H3;8-9,12,15,17-18,21,23H,6-7,10-11,13-14H2,1-5H3,(H,26,29);8-9,11,15,17-18,21-22,27H,3,6-7,10,12-13H2,1-2,4-5H3,(H,25,28);;/t21-,26-,28+,30?;17-,18+,21-,23+,25?;15-,17+,18+,21-,22+,24?;;/m000../s1. The minimum absolute atomic E-state index is 0.0461. The average Bonchev–Trinajstić information content (AvgIpc) is 1.56. The fourth-order valence-corrected chi connectivity index (χ4v) is 20.7. The van der Waals surface area contributed by atoms with E-state index in [1.807, 2.05) is 19.1 Å². The van der Waals surface area contributed by atoms with Crippen molar-refractivity contribution in [2.45, 2.75) is 194 Å². The lowest BCUT2D eigenvalue weighted by atomic mass is 9.76. The van der Waals surface area contributed by atoms with Crippen molar-refractivity contribution in [2.75, 3.05) is 57.8 Å². The normalized spacial score (nSPS) is 29.7. The number of carbonyl (C=O) groups excluding carboxylic acids is 9. The zero-order chi connectivity index (χ0) is 71.6. The molecule has 14 rings (SSSR count). The van der Waals surface area contributed by atoms with Crippen LogP contribution in [0.25, 0.3) is 0 Å². The summed E-state index contributed by atoms with van der Waals surface area (Å²) in [4.78, 5) is 111. The summed E-state index contributed by atoms with van der Waals surface area (Å²) in [6.07, 6.45) is 11.9. The Morgan fingerprint density at radius 1 is 0.576 bits per heavy atom. The van der Waals surface area contributed by atoms with E-state index in [-0.39, 0.29) is 118 Å². The monoisotopic (exact) mass is 1350 g/mol. The molecule has 0 aromatic heterocycles. The molecule has 7 heterocycles. The van der Waals surface area contributed by atoms with Crippen molar-refractivity contribution >= 4 is 47.5 Å². The Kier molecular flexibility index (Phi) is 22.7.